The van der Waals surface area contributed by atoms with Gasteiger partial charge in [0, 0.05) is 19.6 Å². The number of rotatable bonds is 7. The van der Waals surface area contributed by atoms with Crippen LogP contribution in [-0.4, -0.2) is 54.9 Å². The fourth-order valence-corrected chi connectivity index (χ4v) is 1.01. The van der Waals surface area contributed by atoms with Crippen LogP contribution in [0.4, 0.5) is 4.79 Å². The molecule has 0 aromatic rings. The van der Waals surface area contributed by atoms with Gasteiger partial charge in [0.2, 0.25) is 0 Å². The van der Waals surface area contributed by atoms with Gasteiger partial charge in [0.25, 0.3) is 0 Å². The van der Waals surface area contributed by atoms with Gasteiger partial charge in [0.1, 0.15) is 6.61 Å². The second-order valence-corrected chi connectivity index (χ2v) is 2.85. The average Bonchev–Trinajstić information content (AvgIpc) is 2.18. The van der Waals surface area contributed by atoms with E-state index in [0.29, 0.717) is 19.6 Å². The molecule has 0 bridgehead atoms. The first-order chi connectivity index (χ1) is 7.11. The summed E-state index contributed by atoms with van der Waals surface area (Å²) in [6.07, 6.45) is 0. The molecule has 0 aromatic heterocycles. The molecular formula is C9H18N2O4. The summed E-state index contributed by atoms with van der Waals surface area (Å²) in [5.41, 5.74) is 0. The van der Waals surface area contributed by atoms with Crippen molar-refractivity contribution >= 4 is 12.0 Å². The van der Waals surface area contributed by atoms with Crippen molar-refractivity contribution in [3.8, 4) is 0 Å². The molecular weight excluding hydrogens is 200 g/mol. The number of nitrogens with zero attached hydrogens (tertiary/aromatic N) is 1. The predicted molar refractivity (Wildman–Crippen MR) is 54.8 cm³/mol. The highest BCUT2D eigenvalue weighted by atomic mass is 16.5. The van der Waals surface area contributed by atoms with Crippen molar-refractivity contribution in [2.24, 2.45) is 0 Å². The first-order valence-corrected chi connectivity index (χ1v) is 4.94. The number of hydrogen-bond donors (Lipinski definition) is 2. The number of carbonyl (C=O) groups is 2. The normalized spacial score (nSPS) is 9.73. The molecule has 0 aromatic carbocycles. The Labute approximate surface area is 89.2 Å². The summed E-state index contributed by atoms with van der Waals surface area (Å²) in [6.45, 7) is 5.29. The molecule has 0 aliphatic carbocycles. The monoisotopic (exact) mass is 218 g/mol. The van der Waals surface area contributed by atoms with E-state index in [4.69, 9.17) is 9.84 Å². The first kappa shape index (κ1) is 13.7. The summed E-state index contributed by atoms with van der Waals surface area (Å²) in [5, 5.41) is 10.9. The summed E-state index contributed by atoms with van der Waals surface area (Å²) in [7, 11) is 0. The SMILES string of the molecule is CCN(CC)C(=O)NCCOCC(=O)O. The standard InChI is InChI=1S/C9H18N2O4/c1-3-11(4-2)9(14)10-5-6-15-7-8(12)13/h3-7H2,1-2H3,(H,10,14)(H,12,13). The minimum Gasteiger partial charge on any atom is -0.480 e. The van der Waals surface area contributed by atoms with Gasteiger partial charge in [0.15, 0.2) is 0 Å². The molecule has 0 atom stereocenters. The van der Waals surface area contributed by atoms with Crippen molar-refractivity contribution in [1.29, 1.82) is 0 Å². The van der Waals surface area contributed by atoms with Crippen LogP contribution in [0.15, 0.2) is 0 Å². The minimum absolute atomic E-state index is 0.154. The number of carbonyl (C=O) groups excluding carboxylic acids is 1. The summed E-state index contributed by atoms with van der Waals surface area (Å²) in [4.78, 5) is 23.1. The van der Waals surface area contributed by atoms with Crippen LogP contribution in [0.1, 0.15) is 13.8 Å². The number of nitrogens with one attached hydrogen (secondary N) is 1. The molecule has 15 heavy (non-hydrogen) atoms. The summed E-state index contributed by atoms with van der Waals surface area (Å²) >= 11 is 0. The maximum Gasteiger partial charge on any atom is 0.329 e. The van der Waals surface area contributed by atoms with Crippen LogP contribution in [0.2, 0.25) is 0 Å². The van der Waals surface area contributed by atoms with Crippen molar-refractivity contribution in [3.05, 3.63) is 0 Å². The lowest BCUT2D eigenvalue weighted by Gasteiger charge is -2.18. The maximum absolute atomic E-state index is 11.3. The van der Waals surface area contributed by atoms with Crippen LogP contribution >= 0.6 is 0 Å². The van der Waals surface area contributed by atoms with Gasteiger partial charge < -0.3 is 20.1 Å². The first-order valence-electron chi connectivity index (χ1n) is 4.94. The second-order valence-electron chi connectivity index (χ2n) is 2.85. The lowest BCUT2D eigenvalue weighted by atomic mass is 10.5. The third-order valence-corrected chi connectivity index (χ3v) is 1.80. The van der Waals surface area contributed by atoms with Crippen LogP contribution in [0.25, 0.3) is 0 Å². The van der Waals surface area contributed by atoms with E-state index >= 15 is 0 Å². The Morgan fingerprint density at radius 1 is 1.33 bits per heavy atom. The number of carboxylic acid groups (broad SMARTS) is 1. The van der Waals surface area contributed by atoms with Gasteiger partial charge in [0.05, 0.1) is 6.61 Å². The predicted octanol–water partition coefficient (Wildman–Crippen LogP) is 0.139. The van der Waals surface area contributed by atoms with Crippen molar-refractivity contribution < 1.29 is 19.4 Å². The van der Waals surface area contributed by atoms with Crippen LogP contribution in [0, 0.1) is 0 Å². The Morgan fingerprint density at radius 3 is 2.40 bits per heavy atom. The van der Waals surface area contributed by atoms with Gasteiger partial charge in [-0.1, -0.05) is 0 Å². The van der Waals surface area contributed by atoms with Crippen LogP contribution in [0.5, 0.6) is 0 Å². The van der Waals surface area contributed by atoms with E-state index in [1.165, 1.54) is 0 Å². The quantitative estimate of drug-likeness (QED) is 0.596. The van der Waals surface area contributed by atoms with Crippen LogP contribution in [0.3, 0.4) is 0 Å². The van der Waals surface area contributed by atoms with Crippen molar-refractivity contribution in [1.82, 2.24) is 10.2 Å². The van der Waals surface area contributed by atoms with Crippen LogP contribution < -0.4 is 5.32 Å². The van der Waals surface area contributed by atoms with E-state index in [2.05, 4.69) is 5.32 Å². The molecule has 6 heteroatoms. The average molecular weight is 218 g/mol. The van der Waals surface area contributed by atoms with Crippen molar-refractivity contribution in [2.45, 2.75) is 13.8 Å². The molecule has 2 amide bonds. The smallest absolute Gasteiger partial charge is 0.329 e. The maximum atomic E-state index is 11.3. The fraction of sp³-hybridized carbons (Fsp3) is 0.778. The number of amides is 2. The molecule has 0 aliphatic rings. The summed E-state index contributed by atoms with van der Waals surface area (Å²) < 4.78 is 4.76. The number of hydrogen-bond acceptors (Lipinski definition) is 3. The molecule has 0 rings (SSSR count). The van der Waals surface area contributed by atoms with Gasteiger partial charge in [-0.2, -0.15) is 0 Å². The Morgan fingerprint density at radius 2 is 1.93 bits per heavy atom. The van der Waals surface area contributed by atoms with Gasteiger partial charge in [-0.3, -0.25) is 0 Å². The zero-order valence-corrected chi connectivity index (χ0v) is 9.15. The van der Waals surface area contributed by atoms with Gasteiger partial charge in [-0.05, 0) is 13.8 Å². The Kier molecular flexibility index (Phi) is 7.35. The molecule has 2 N–H and O–H groups in total. The van der Waals surface area contributed by atoms with E-state index in [0.717, 1.165) is 0 Å². The van der Waals surface area contributed by atoms with Gasteiger partial charge >= 0.3 is 12.0 Å². The zero-order valence-electron chi connectivity index (χ0n) is 9.15. The lowest BCUT2D eigenvalue weighted by molar-refractivity contribution is -0.142. The highest BCUT2D eigenvalue weighted by Gasteiger charge is 2.07. The molecule has 0 unspecified atom stereocenters. The minimum atomic E-state index is -1.01. The Bertz CT molecular complexity index is 204. The van der Waals surface area contributed by atoms with E-state index < -0.39 is 5.97 Å². The topological polar surface area (TPSA) is 78.9 Å². The molecule has 0 aliphatic heterocycles. The van der Waals surface area contributed by atoms with E-state index in [9.17, 15) is 9.59 Å². The highest BCUT2D eigenvalue weighted by molar-refractivity contribution is 5.74. The van der Waals surface area contributed by atoms with Gasteiger partial charge in [-0.25, -0.2) is 9.59 Å². The molecule has 6 nitrogen and oxygen atoms in total. The molecule has 0 spiro atoms. The number of ether oxygens (including phenoxy) is 1. The third-order valence-electron chi connectivity index (χ3n) is 1.80. The fourth-order valence-electron chi connectivity index (χ4n) is 1.01. The van der Waals surface area contributed by atoms with Gasteiger partial charge in [-0.15, -0.1) is 0 Å². The van der Waals surface area contributed by atoms with Crippen molar-refractivity contribution in [3.63, 3.8) is 0 Å². The number of aliphatic carboxylic acids is 1. The molecule has 0 saturated heterocycles. The second kappa shape index (κ2) is 8.05. The molecule has 0 saturated carbocycles. The molecule has 0 heterocycles. The molecule has 88 valence electrons. The molecule has 0 radical (unpaired) electrons. The largest absolute Gasteiger partial charge is 0.480 e. The Balaban J connectivity index is 3.50. The highest BCUT2D eigenvalue weighted by Crippen LogP contribution is 1.87. The number of urea groups is 1. The Hall–Kier alpha value is -1.30. The number of carboxylic acids is 1. The molecule has 0 fully saturated rings. The van der Waals surface area contributed by atoms with E-state index in [1.54, 1.807) is 4.90 Å². The third kappa shape index (κ3) is 6.73. The van der Waals surface area contributed by atoms with E-state index in [1.807, 2.05) is 13.8 Å². The van der Waals surface area contributed by atoms with E-state index in [-0.39, 0.29) is 19.2 Å². The van der Waals surface area contributed by atoms with Crippen molar-refractivity contribution in [2.75, 3.05) is 32.8 Å². The summed E-state index contributed by atoms with van der Waals surface area (Å²) in [5.74, 6) is -1.01. The zero-order chi connectivity index (χ0) is 11.7. The lowest BCUT2D eigenvalue weighted by Crippen LogP contribution is -2.41. The van der Waals surface area contributed by atoms with Crippen LogP contribution in [-0.2, 0) is 9.53 Å². The summed E-state index contributed by atoms with van der Waals surface area (Å²) in [6, 6.07) is -0.154.